The quantitative estimate of drug-likeness (QED) is 0.741. The number of hydrogen-bond acceptors (Lipinski definition) is 4. The van der Waals surface area contributed by atoms with Crippen LogP contribution in [-0.2, 0) is 14.3 Å². The first-order valence-electron chi connectivity index (χ1n) is 6.81. The molecule has 0 spiro atoms. The number of carbonyl (C=O) groups is 1. The number of esters is 1. The molecule has 4 nitrogen and oxygen atoms in total. The van der Waals surface area contributed by atoms with E-state index in [4.69, 9.17) is 9.47 Å². The van der Waals surface area contributed by atoms with Crippen molar-refractivity contribution in [2.45, 2.75) is 44.6 Å². The van der Waals surface area contributed by atoms with Crippen molar-refractivity contribution in [3.05, 3.63) is 0 Å². The molecule has 1 N–H and O–H groups in total. The highest BCUT2D eigenvalue weighted by molar-refractivity contribution is 5.71. The second kappa shape index (κ2) is 6.97. The SMILES string of the molecule is O=C(CNC1CCCC1)OCC1CCOCC1. The molecule has 0 unspecified atom stereocenters. The molecular weight excluding hydrogens is 218 g/mol. The Labute approximate surface area is 103 Å². The van der Waals surface area contributed by atoms with Crippen molar-refractivity contribution in [2.75, 3.05) is 26.4 Å². The predicted molar refractivity (Wildman–Crippen MR) is 64.8 cm³/mol. The normalized spacial score (nSPS) is 22.8. The zero-order chi connectivity index (χ0) is 11.9. The molecule has 1 heterocycles. The van der Waals surface area contributed by atoms with Gasteiger partial charge in [-0.1, -0.05) is 12.8 Å². The summed E-state index contributed by atoms with van der Waals surface area (Å²) in [6.45, 7) is 2.55. The van der Waals surface area contributed by atoms with E-state index in [1.54, 1.807) is 0 Å². The number of rotatable bonds is 5. The van der Waals surface area contributed by atoms with Gasteiger partial charge in [-0.3, -0.25) is 4.79 Å². The number of ether oxygens (including phenoxy) is 2. The zero-order valence-corrected chi connectivity index (χ0v) is 10.5. The van der Waals surface area contributed by atoms with Gasteiger partial charge in [-0.25, -0.2) is 0 Å². The van der Waals surface area contributed by atoms with Crippen LogP contribution in [0.5, 0.6) is 0 Å². The summed E-state index contributed by atoms with van der Waals surface area (Å²) in [6.07, 6.45) is 7.01. The summed E-state index contributed by atoms with van der Waals surface area (Å²) >= 11 is 0. The van der Waals surface area contributed by atoms with Crippen LogP contribution in [0.25, 0.3) is 0 Å². The van der Waals surface area contributed by atoms with Crippen molar-refractivity contribution < 1.29 is 14.3 Å². The topological polar surface area (TPSA) is 47.6 Å². The highest BCUT2D eigenvalue weighted by atomic mass is 16.5. The molecule has 1 saturated heterocycles. The monoisotopic (exact) mass is 241 g/mol. The minimum atomic E-state index is -0.108. The van der Waals surface area contributed by atoms with Crippen LogP contribution in [0.4, 0.5) is 0 Å². The Bertz CT molecular complexity index is 233. The first-order valence-corrected chi connectivity index (χ1v) is 6.81. The van der Waals surface area contributed by atoms with Crippen LogP contribution in [0.3, 0.4) is 0 Å². The molecule has 2 aliphatic rings. The molecule has 1 aliphatic heterocycles. The third-order valence-corrected chi connectivity index (χ3v) is 3.71. The average Bonchev–Trinajstić information content (AvgIpc) is 2.88. The lowest BCUT2D eigenvalue weighted by Gasteiger charge is -2.21. The molecule has 2 rings (SSSR count). The van der Waals surface area contributed by atoms with E-state index in [9.17, 15) is 4.79 Å². The van der Waals surface area contributed by atoms with Crippen LogP contribution in [0.15, 0.2) is 0 Å². The van der Waals surface area contributed by atoms with Gasteiger partial charge in [0.15, 0.2) is 0 Å². The average molecular weight is 241 g/mol. The third-order valence-electron chi connectivity index (χ3n) is 3.71. The molecule has 0 atom stereocenters. The highest BCUT2D eigenvalue weighted by Crippen LogP contribution is 2.17. The van der Waals surface area contributed by atoms with Crippen LogP contribution in [0.1, 0.15) is 38.5 Å². The molecule has 0 bridgehead atoms. The number of hydrogen-bond donors (Lipinski definition) is 1. The second-order valence-corrected chi connectivity index (χ2v) is 5.10. The first-order chi connectivity index (χ1) is 8.34. The third kappa shape index (κ3) is 4.64. The van der Waals surface area contributed by atoms with E-state index < -0.39 is 0 Å². The molecule has 1 aliphatic carbocycles. The highest BCUT2D eigenvalue weighted by Gasteiger charge is 2.18. The first kappa shape index (κ1) is 12.8. The summed E-state index contributed by atoms with van der Waals surface area (Å²) < 4.78 is 10.6. The Balaban J connectivity index is 1.53. The van der Waals surface area contributed by atoms with Crippen LogP contribution < -0.4 is 5.32 Å². The second-order valence-electron chi connectivity index (χ2n) is 5.10. The minimum Gasteiger partial charge on any atom is -0.464 e. The fourth-order valence-corrected chi connectivity index (χ4v) is 2.53. The van der Waals surface area contributed by atoms with Gasteiger partial charge in [-0.15, -0.1) is 0 Å². The van der Waals surface area contributed by atoms with Gasteiger partial charge in [-0.05, 0) is 31.6 Å². The molecule has 98 valence electrons. The molecule has 0 radical (unpaired) electrons. The molecule has 17 heavy (non-hydrogen) atoms. The molecule has 1 saturated carbocycles. The summed E-state index contributed by atoms with van der Waals surface area (Å²) in [5, 5.41) is 3.27. The summed E-state index contributed by atoms with van der Waals surface area (Å²) in [6, 6.07) is 0.533. The van der Waals surface area contributed by atoms with Crippen LogP contribution in [-0.4, -0.2) is 38.4 Å². The standard InChI is InChI=1S/C13H23NO3/c15-13(9-14-12-3-1-2-4-12)17-10-11-5-7-16-8-6-11/h11-12,14H,1-10H2. The molecule has 0 amide bonds. The molecule has 0 aromatic rings. The van der Waals surface area contributed by atoms with Gasteiger partial charge in [0.1, 0.15) is 0 Å². The Morgan fingerprint density at radius 1 is 1.18 bits per heavy atom. The molecular formula is C13H23NO3. The predicted octanol–water partition coefficient (Wildman–Crippen LogP) is 1.49. The summed E-state index contributed by atoms with van der Waals surface area (Å²) in [4.78, 5) is 11.5. The minimum absolute atomic E-state index is 0.108. The van der Waals surface area contributed by atoms with Crippen molar-refractivity contribution in [1.82, 2.24) is 5.32 Å². The van der Waals surface area contributed by atoms with Crippen molar-refractivity contribution >= 4 is 5.97 Å². The Kier molecular flexibility index (Phi) is 5.26. The number of nitrogens with one attached hydrogen (secondary N) is 1. The van der Waals surface area contributed by atoms with E-state index in [-0.39, 0.29) is 5.97 Å². The van der Waals surface area contributed by atoms with Crippen molar-refractivity contribution in [2.24, 2.45) is 5.92 Å². The van der Waals surface area contributed by atoms with E-state index in [2.05, 4.69) is 5.32 Å². The van der Waals surface area contributed by atoms with Gasteiger partial charge in [0.2, 0.25) is 0 Å². The lowest BCUT2D eigenvalue weighted by molar-refractivity contribution is -0.145. The Hall–Kier alpha value is -0.610. The van der Waals surface area contributed by atoms with E-state index in [0.717, 1.165) is 26.1 Å². The Morgan fingerprint density at radius 2 is 1.88 bits per heavy atom. The Morgan fingerprint density at radius 3 is 2.59 bits per heavy atom. The smallest absolute Gasteiger partial charge is 0.319 e. The maximum atomic E-state index is 11.5. The van der Waals surface area contributed by atoms with Crippen LogP contribution in [0.2, 0.25) is 0 Å². The fraction of sp³-hybridized carbons (Fsp3) is 0.923. The fourth-order valence-electron chi connectivity index (χ4n) is 2.53. The molecule has 0 aromatic heterocycles. The maximum absolute atomic E-state index is 11.5. The van der Waals surface area contributed by atoms with E-state index in [0.29, 0.717) is 25.1 Å². The van der Waals surface area contributed by atoms with Gasteiger partial charge in [0.05, 0.1) is 13.2 Å². The van der Waals surface area contributed by atoms with Crippen molar-refractivity contribution in [3.63, 3.8) is 0 Å². The molecule has 0 aromatic carbocycles. The van der Waals surface area contributed by atoms with Crippen molar-refractivity contribution in [1.29, 1.82) is 0 Å². The van der Waals surface area contributed by atoms with Gasteiger partial charge < -0.3 is 14.8 Å². The van der Waals surface area contributed by atoms with Gasteiger partial charge in [-0.2, -0.15) is 0 Å². The molecule has 4 heteroatoms. The largest absolute Gasteiger partial charge is 0.464 e. The van der Waals surface area contributed by atoms with Crippen molar-refractivity contribution in [3.8, 4) is 0 Å². The van der Waals surface area contributed by atoms with Gasteiger partial charge in [0, 0.05) is 19.3 Å². The van der Waals surface area contributed by atoms with E-state index in [1.165, 1.54) is 25.7 Å². The lowest BCUT2D eigenvalue weighted by atomic mass is 10.0. The summed E-state index contributed by atoms with van der Waals surface area (Å²) in [5.74, 6) is 0.391. The van der Waals surface area contributed by atoms with Crippen LogP contribution in [0, 0.1) is 5.92 Å². The van der Waals surface area contributed by atoms with E-state index >= 15 is 0 Å². The number of carbonyl (C=O) groups excluding carboxylic acids is 1. The van der Waals surface area contributed by atoms with Gasteiger partial charge >= 0.3 is 5.97 Å². The lowest BCUT2D eigenvalue weighted by Crippen LogP contribution is -2.33. The van der Waals surface area contributed by atoms with Gasteiger partial charge in [0.25, 0.3) is 0 Å². The summed E-state index contributed by atoms with van der Waals surface area (Å²) in [5.41, 5.74) is 0. The molecule has 2 fully saturated rings. The maximum Gasteiger partial charge on any atom is 0.319 e. The van der Waals surface area contributed by atoms with Crippen LogP contribution >= 0.6 is 0 Å². The summed E-state index contributed by atoms with van der Waals surface area (Å²) in [7, 11) is 0. The van der Waals surface area contributed by atoms with E-state index in [1.807, 2.05) is 0 Å². The zero-order valence-electron chi connectivity index (χ0n) is 10.5.